The van der Waals surface area contributed by atoms with Gasteiger partial charge in [-0.05, 0) is 51.4 Å². The van der Waals surface area contributed by atoms with Crippen LogP contribution in [0.5, 0.6) is 0 Å². The van der Waals surface area contributed by atoms with E-state index in [1.807, 2.05) is 9.80 Å². The van der Waals surface area contributed by atoms with Crippen LogP contribution in [0.15, 0.2) is 0 Å². The minimum atomic E-state index is -0.285. The van der Waals surface area contributed by atoms with Gasteiger partial charge in [-0.15, -0.1) is 0 Å². The number of likely N-dealkylation sites (tertiary alicyclic amines) is 3. The van der Waals surface area contributed by atoms with Crippen LogP contribution in [0.4, 0.5) is 4.79 Å². The lowest BCUT2D eigenvalue weighted by Crippen LogP contribution is -2.51. The molecule has 0 radical (unpaired) electrons. The van der Waals surface area contributed by atoms with Crippen molar-refractivity contribution in [2.24, 2.45) is 5.92 Å². The number of carbonyl (C=O) groups excluding carboxylic acids is 3. The Morgan fingerprint density at radius 3 is 2.04 bits per heavy atom. The van der Waals surface area contributed by atoms with E-state index in [0.717, 1.165) is 51.6 Å². The quantitative estimate of drug-likeness (QED) is 0.819. The summed E-state index contributed by atoms with van der Waals surface area (Å²) in [6.07, 6.45) is 7.43. The monoisotopic (exact) mass is 362 g/mol. The first-order chi connectivity index (χ1) is 12.6. The van der Waals surface area contributed by atoms with Gasteiger partial charge in [-0.25, -0.2) is 4.79 Å². The Morgan fingerprint density at radius 2 is 1.38 bits per heavy atom. The van der Waals surface area contributed by atoms with Crippen LogP contribution in [0.25, 0.3) is 0 Å². The second-order valence-electron chi connectivity index (χ2n) is 8.21. The molecule has 4 amide bonds. The molecule has 0 aromatic rings. The third-order valence-corrected chi connectivity index (χ3v) is 6.25. The molecule has 3 aliphatic heterocycles. The van der Waals surface area contributed by atoms with Crippen LogP contribution in [0, 0.1) is 5.92 Å². The summed E-state index contributed by atoms with van der Waals surface area (Å²) in [5.41, 5.74) is 0. The smallest absolute Gasteiger partial charge is 0.319 e. The molecule has 0 spiro atoms. The average molecular weight is 362 g/mol. The number of nitrogens with zero attached hydrogens (tertiary/aromatic N) is 3. The summed E-state index contributed by atoms with van der Waals surface area (Å²) in [5.74, 6) is 0.0960. The van der Waals surface area contributed by atoms with Crippen molar-refractivity contribution >= 4 is 17.8 Å². The Bertz CT molecular complexity index is 563. The van der Waals surface area contributed by atoms with Crippen molar-refractivity contribution in [2.75, 3.05) is 32.7 Å². The minimum Gasteiger partial charge on any atom is -0.352 e. The van der Waals surface area contributed by atoms with Gasteiger partial charge in [-0.3, -0.25) is 9.59 Å². The highest BCUT2D eigenvalue weighted by Gasteiger charge is 2.40. The molecule has 144 valence electrons. The molecule has 7 nitrogen and oxygen atoms in total. The van der Waals surface area contributed by atoms with Crippen molar-refractivity contribution in [1.82, 2.24) is 20.0 Å². The molecule has 1 atom stereocenters. The summed E-state index contributed by atoms with van der Waals surface area (Å²) in [5, 5.41) is 3.05. The van der Waals surface area contributed by atoms with Crippen LogP contribution in [0.1, 0.15) is 51.4 Å². The molecule has 1 N–H and O–H groups in total. The summed E-state index contributed by atoms with van der Waals surface area (Å²) >= 11 is 0. The van der Waals surface area contributed by atoms with E-state index in [9.17, 15) is 14.4 Å². The molecule has 3 saturated heterocycles. The Morgan fingerprint density at radius 1 is 0.731 bits per heavy atom. The number of carbonyl (C=O) groups is 3. The zero-order chi connectivity index (χ0) is 18.1. The molecule has 4 rings (SSSR count). The highest BCUT2D eigenvalue weighted by molar-refractivity contribution is 5.89. The third kappa shape index (κ3) is 3.67. The van der Waals surface area contributed by atoms with Crippen LogP contribution in [0.3, 0.4) is 0 Å². The van der Waals surface area contributed by atoms with Gasteiger partial charge in [0.05, 0.1) is 0 Å². The van der Waals surface area contributed by atoms with Gasteiger partial charge in [0.15, 0.2) is 0 Å². The highest BCUT2D eigenvalue weighted by Crippen LogP contribution is 2.27. The predicted molar refractivity (Wildman–Crippen MR) is 96.4 cm³/mol. The molecule has 3 heterocycles. The lowest BCUT2D eigenvalue weighted by atomic mass is 9.95. The average Bonchev–Trinajstić information content (AvgIpc) is 3.15. The number of nitrogens with one attached hydrogen (secondary N) is 1. The van der Waals surface area contributed by atoms with Gasteiger partial charge in [0.1, 0.15) is 6.04 Å². The van der Waals surface area contributed by atoms with Gasteiger partial charge in [0.2, 0.25) is 11.8 Å². The molecule has 0 aromatic heterocycles. The second kappa shape index (κ2) is 7.45. The normalized spacial score (nSPS) is 27.1. The second-order valence-corrected chi connectivity index (χ2v) is 8.21. The Labute approximate surface area is 155 Å². The summed E-state index contributed by atoms with van der Waals surface area (Å²) < 4.78 is 0. The number of piperidine rings is 1. The number of urea groups is 1. The van der Waals surface area contributed by atoms with E-state index in [-0.39, 0.29) is 29.8 Å². The number of hydrogen-bond donors (Lipinski definition) is 1. The summed E-state index contributed by atoms with van der Waals surface area (Å²) in [6, 6.07) is 0.184. The molecule has 4 aliphatic rings. The van der Waals surface area contributed by atoms with Crippen LogP contribution >= 0.6 is 0 Å². The van der Waals surface area contributed by atoms with Crippen molar-refractivity contribution in [3.63, 3.8) is 0 Å². The number of amides is 4. The SMILES string of the molecule is O=C(NC1CC1)C1CCCN1C(=O)C1CCN(C(=O)N2CCCC2)CC1. The molecule has 1 saturated carbocycles. The molecule has 1 unspecified atom stereocenters. The van der Waals surface area contributed by atoms with Gasteiger partial charge in [-0.1, -0.05) is 0 Å². The molecule has 0 aromatic carbocycles. The number of hydrogen-bond acceptors (Lipinski definition) is 3. The van der Waals surface area contributed by atoms with Crippen molar-refractivity contribution in [1.29, 1.82) is 0 Å². The first kappa shape index (κ1) is 17.6. The summed E-state index contributed by atoms with van der Waals surface area (Å²) in [7, 11) is 0. The van der Waals surface area contributed by atoms with Gasteiger partial charge < -0.3 is 20.0 Å². The molecular weight excluding hydrogens is 332 g/mol. The van der Waals surface area contributed by atoms with E-state index in [0.29, 0.717) is 38.5 Å². The van der Waals surface area contributed by atoms with Gasteiger partial charge in [0.25, 0.3) is 0 Å². The number of rotatable bonds is 3. The molecule has 4 fully saturated rings. The van der Waals surface area contributed by atoms with Crippen molar-refractivity contribution in [3.8, 4) is 0 Å². The van der Waals surface area contributed by atoms with E-state index in [1.165, 1.54) is 0 Å². The largest absolute Gasteiger partial charge is 0.352 e. The van der Waals surface area contributed by atoms with Crippen molar-refractivity contribution in [3.05, 3.63) is 0 Å². The fraction of sp³-hybridized carbons (Fsp3) is 0.842. The van der Waals surface area contributed by atoms with Gasteiger partial charge in [-0.2, -0.15) is 0 Å². The first-order valence-electron chi connectivity index (χ1n) is 10.3. The lowest BCUT2D eigenvalue weighted by molar-refractivity contribution is -0.142. The van der Waals surface area contributed by atoms with Gasteiger partial charge in [0, 0.05) is 44.7 Å². The fourth-order valence-corrected chi connectivity index (χ4v) is 4.49. The Balaban J connectivity index is 1.29. The van der Waals surface area contributed by atoms with Crippen molar-refractivity contribution < 1.29 is 14.4 Å². The maximum atomic E-state index is 13.0. The van der Waals surface area contributed by atoms with Crippen molar-refractivity contribution in [2.45, 2.75) is 63.5 Å². The van der Waals surface area contributed by atoms with E-state index in [4.69, 9.17) is 0 Å². The molecule has 0 bridgehead atoms. The fourth-order valence-electron chi connectivity index (χ4n) is 4.49. The van der Waals surface area contributed by atoms with Crippen LogP contribution in [-0.4, -0.2) is 77.4 Å². The van der Waals surface area contributed by atoms with E-state index in [2.05, 4.69) is 5.32 Å². The molecule has 7 heteroatoms. The van der Waals surface area contributed by atoms with E-state index >= 15 is 0 Å². The van der Waals surface area contributed by atoms with Gasteiger partial charge >= 0.3 is 6.03 Å². The summed E-state index contributed by atoms with van der Waals surface area (Å²) in [6.45, 7) is 3.72. The van der Waals surface area contributed by atoms with E-state index < -0.39 is 0 Å². The first-order valence-corrected chi connectivity index (χ1v) is 10.3. The van der Waals surface area contributed by atoms with Crippen LogP contribution in [0.2, 0.25) is 0 Å². The maximum absolute atomic E-state index is 13.0. The Hall–Kier alpha value is -1.79. The third-order valence-electron chi connectivity index (χ3n) is 6.25. The molecule has 26 heavy (non-hydrogen) atoms. The van der Waals surface area contributed by atoms with E-state index in [1.54, 1.807) is 4.90 Å². The highest BCUT2D eigenvalue weighted by atomic mass is 16.2. The zero-order valence-electron chi connectivity index (χ0n) is 15.5. The molecular formula is C19H30N4O3. The van der Waals surface area contributed by atoms with Crippen LogP contribution < -0.4 is 5.32 Å². The Kier molecular flexibility index (Phi) is 5.05. The van der Waals surface area contributed by atoms with Crippen LogP contribution in [-0.2, 0) is 9.59 Å². The molecule has 1 aliphatic carbocycles. The summed E-state index contributed by atoms with van der Waals surface area (Å²) in [4.78, 5) is 43.5. The lowest BCUT2D eigenvalue weighted by Gasteiger charge is -2.36. The maximum Gasteiger partial charge on any atom is 0.319 e. The zero-order valence-corrected chi connectivity index (χ0v) is 15.5. The topological polar surface area (TPSA) is 73.0 Å². The standard InChI is InChI=1S/C19H30N4O3/c24-17(20-15-5-6-15)16-4-3-11-23(16)18(25)14-7-12-22(13-8-14)19(26)21-9-1-2-10-21/h14-16H,1-13H2,(H,20,24). The minimum absolute atomic E-state index is 0.0278. The predicted octanol–water partition coefficient (Wildman–Crippen LogP) is 1.18.